The van der Waals surface area contributed by atoms with Crippen LogP contribution >= 0.6 is 11.8 Å². The number of nitrogens with one attached hydrogen (secondary N) is 1. The van der Waals surface area contributed by atoms with Crippen LogP contribution in [0.1, 0.15) is 23.6 Å². The molecule has 0 heterocycles. The Kier molecular flexibility index (Phi) is 6.73. The summed E-state index contributed by atoms with van der Waals surface area (Å²) in [5.41, 5.74) is 3.41. The van der Waals surface area contributed by atoms with Crippen LogP contribution in [0.15, 0.2) is 47.4 Å². The maximum Gasteiger partial charge on any atom is 0.260 e. The largest absolute Gasteiger partial charge is 0.481 e. The molecule has 2 aromatic rings. The van der Waals surface area contributed by atoms with Crippen molar-refractivity contribution in [2.45, 2.75) is 38.7 Å². The summed E-state index contributed by atoms with van der Waals surface area (Å²) in [6.45, 7) is 8.48. The van der Waals surface area contributed by atoms with Crippen molar-refractivity contribution >= 4 is 17.7 Å². The van der Waals surface area contributed by atoms with E-state index in [1.165, 1.54) is 10.5 Å². The predicted octanol–water partition coefficient (Wildman–Crippen LogP) is 4.29. The van der Waals surface area contributed by atoms with Gasteiger partial charge in [-0.15, -0.1) is 11.8 Å². The molecule has 0 aliphatic rings. The summed E-state index contributed by atoms with van der Waals surface area (Å²) in [5.74, 6) is 1.53. The van der Waals surface area contributed by atoms with Gasteiger partial charge in [-0.3, -0.25) is 4.79 Å². The molecule has 0 saturated heterocycles. The molecule has 128 valence electrons. The van der Waals surface area contributed by atoms with E-state index in [-0.39, 0.29) is 5.91 Å². The molecule has 0 aromatic heterocycles. The Morgan fingerprint density at radius 3 is 2.46 bits per heavy atom. The summed E-state index contributed by atoms with van der Waals surface area (Å²) in [6, 6.07) is 14.4. The molecule has 24 heavy (non-hydrogen) atoms. The smallest absolute Gasteiger partial charge is 0.260 e. The van der Waals surface area contributed by atoms with Crippen LogP contribution in [0.5, 0.6) is 5.75 Å². The van der Waals surface area contributed by atoms with Gasteiger partial charge in [-0.05, 0) is 57.0 Å². The molecule has 0 unspecified atom stereocenters. The van der Waals surface area contributed by atoms with Crippen LogP contribution in [0.4, 0.5) is 0 Å². The van der Waals surface area contributed by atoms with Gasteiger partial charge in [0, 0.05) is 17.2 Å². The van der Waals surface area contributed by atoms with Crippen LogP contribution in [-0.4, -0.2) is 24.3 Å². The average molecular weight is 343 g/mol. The molecular weight excluding hydrogens is 318 g/mol. The van der Waals surface area contributed by atoms with E-state index in [9.17, 15) is 4.79 Å². The van der Waals surface area contributed by atoms with Gasteiger partial charge in [0.15, 0.2) is 6.10 Å². The second-order valence-corrected chi connectivity index (χ2v) is 7.15. The van der Waals surface area contributed by atoms with Gasteiger partial charge in [0.05, 0.1) is 0 Å². The lowest BCUT2D eigenvalue weighted by atomic mass is 10.1. The van der Waals surface area contributed by atoms with E-state index >= 15 is 0 Å². The molecule has 0 spiro atoms. The first-order chi connectivity index (χ1) is 11.5. The Balaban J connectivity index is 1.75. The van der Waals surface area contributed by atoms with Crippen molar-refractivity contribution in [3.63, 3.8) is 0 Å². The minimum Gasteiger partial charge on any atom is -0.481 e. The van der Waals surface area contributed by atoms with Gasteiger partial charge in [0.1, 0.15) is 5.75 Å². The quantitative estimate of drug-likeness (QED) is 0.602. The Bertz CT molecular complexity index is 683. The lowest BCUT2D eigenvalue weighted by Gasteiger charge is -2.16. The number of aryl methyl sites for hydroxylation is 3. The molecule has 0 aliphatic carbocycles. The predicted molar refractivity (Wildman–Crippen MR) is 101 cm³/mol. The van der Waals surface area contributed by atoms with E-state index < -0.39 is 6.10 Å². The first-order valence-electron chi connectivity index (χ1n) is 8.17. The lowest BCUT2D eigenvalue weighted by molar-refractivity contribution is -0.127. The minimum absolute atomic E-state index is 0.0830. The van der Waals surface area contributed by atoms with E-state index in [4.69, 9.17) is 4.74 Å². The highest BCUT2D eigenvalue weighted by Gasteiger charge is 2.15. The fraction of sp³-hybridized carbons (Fsp3) is 0.350. The molecule has 2 rings (SSSR count). The molecule has 1 amide bonds. The molecule has 0 aliphatic heterocycles. The summed E-state index contributed by atoms with van der Waals surface area (Å²) < 4.78 is 5.80. The number of carbonyl (C=O) groups excluding carboxylic acids is 1. The van der Waals surface area contributed by atoms with Crippen LogP contribution in [0.2, 0.25) is 0 Å². The molecule has 1 N–H and O–H groups in total. The van der Waals surface area contributed by atoms with Crippen molar-refractivity contribution in [2.24, 2.45) is 0 Å². The van der Waals surface area contributed by atoms with E-state index in [1.807, 2.05) is 32.0 Å². The summed E-state index contributed by atoms with van der Waals surface area (Å²) in [5, 5.41) is 2.93. The van der Waals surface area contributed by atoms with E-state index in [1.54, 1.807) is 18.7 Å². The molecule has 0 bridgehead atoms. The first-order valence-corrected chi connectivity index (χ1v) is 9.15. The zero-order valence-corrected chi connectivity index (χ0v) is 15.6. The van der Waals surface area contributed by atoms with Crippen LogP contribution in [0, 0.1) is 20.8 Å². The Morgan fingerprint density at radius 2 is 1.75 bits per heavy atom. The molecule has 3 nitrogen and oxygen atoms in total. The van der Waals surface area contributed by atoms with E-state index in [0.717, 1.165) is 22.6 Å². The molecule has 0 radical (unpaired) electrons. The maximum absolute atomic E-state index is 12.2. The minimum atomic E-state index is -0.505. The number of hydrogen-bond donors (Lipinski definition) is 1. The number of benzene rings is 2. The van der Waals surface area contributed by atoms with Gasteiger partial charge in [-0.1, -0.05) is 29.8 Å². The van der Waals surface area contributed by atoms with Gasteiger partial charge >= 0.3 is 0 Å². The molecule has 1 atom stereocenters. The van der Waals surface area contributed by atoms with Crippen molar-refractivity contribution in [1.82, 2.24) is 5.32 Å². The summed E-state index contributed by atoms with van der Waals surface area (Å²) >= 11 is 1.74. The highest BCUT2D eigenvalue weighted by atomic mass is 32.2. The fourth-order valence-electron chi connectivity index (χ4n) is 2.20. The molecule has 4 heteroatoms. The molecular formula is C20H25NO2S. The van der Waals surface area contributed by atoms with Crippen molar-refractivity contribution in [3.8, 4) is 5.75 Å². The zero-order valence-electron chi connectivity index (χ0n) is 14.8. The van der Waals surface area contributed by atoms with Gasteiger partial charge in [0.2, 0.25) is 0 Å². The summed E-state index contributed by atoms with van der Waals surface area (Å²) in [7, 11) is 0. The SMILES string of the molecule is Cc1ccc(SCCNC(=O)[C@H](C)Oc2cc(C)ccc2C)cc1. The van der Waals surface area contributed by atoms with Gasteiger partial charge in [-0.2, -0.15) is 0 Å². The fourth-order valence-corrected chi connectivity index (χ4v) is 2.97. The van der Waals surface area contributed by atoms with Crippen molar-refractivity contribution in [2.75, 3.05) is 12.3 Å². The Labute approximate surface area is 148 Å². The summed E-state index contributed by atoms with van der Waals surface area (Å²) in [4.78, 5) is 13.4. The molecule has 0 saturated carbocycles. The van der Waals surface area contributed by atoms with Crippen LogP contribution in [0.3, 0.4) is 0 Å². The normalized spacial score (nSPS) is 11.8. The number of thioether (sulfide) groups is 1. The number of carbonyl (C=O) groups is 1. The Hall–Kier alpha value is -1.94. The van der Waals surface area contributed by atoms with Crippen molar-refractivity contribution in [1.29, 1.82) is 0 Å². The number of hydrogen-bond acceptors (Lipinski definition) is 3. The maximum atomic E-state index is 12.2. The highest BCUT2D eigenvalue weighted by Crippen LogP contribution is 2.20. The molecule has 2 aromatic carbocycles. The van der Waals surface area contributed by atoms with Crippen molar-refractivity contribution in [3.05, 3.63) is 59.2 Å². The van der Waals surface area contributed by atoms with Crippen LogP contribution < -0.4 is 10.1 Å². The monoisotopic (exact) mass is 343 g/mol. The molecule has 0 fully saturated rings. The third-order valence-corrected chi connectivity index (χ3v) is 4.72. The average Bonchev–Trinajstić information content (AvgIpc) is 2.56. The second kappa shape index (κ2) is 8.78. The van der Waals surface area contributed by atoms with Gasteiger partial charge < -0.3 is 10.1 Å². The van der Waals surface area contributed by atoms with Crippen molar-refractivity contribution < 1.29 is 9.53 Å². The van der Waals surface area contributed by atoms with Gasteiger partial charge in [0.25, 0.3) is 5.91 Å². The zero-order chi connectivity index (χ0) is 17.5. The lowest BCUT2D eigenvalue weighted by Crippen LogP contribution is -2.37. The Morgan fingerprint density at radius 1 is 1.08 bits per heavy atom. The van der Waals surface area contributed by atoms with Crippen LogP contribution in [-0.2, 0) is 4.79 Å². The topological polar surface area (TPSA) is 38.3 Å². The van der Waals surface area contributed by atoms with E-state index in [2.05, 4.69) is 36.5 Å². The number of amides is 1. The summed E-state index contributed by atoms with van der Waals surface area (Å²) in [6.07, 6.45) is -0.505. The number of rotatable bonds is 7. The standard InChI is InChI=1S/C20H25NO2S/c1-14-6-9-18(10-7-14)24-12-11-21-20(22)17(4)23-19-13-15(2)5-8-16(19)3/h5-10,13,17H,11-12H2,1-4H3,(H,21,22)/t17-/m0/s1. The second-order valence-electron chi connectivity index (χ2n) is 5.98. The van der Waals surface area contributed by atoms with E-state index in [0.29, 0.717) is 6.54 Å². The highest BCUT2D eigenvalue weighted by molar-refractivity contribution is 7.99. The van der Waals surface area contributed by atoms with Gasteiger partial charge in [-0.25, -0.2) is 0 Å². The first kappa shape index (κ1) is 18.4. The third kappa shape index (κ3) is 5.60. The van der Waals surface area contributed by atoms with Crippen LogP contribution in [0.25, 0.3) is 0 Å². The third-order valence-electron chi connectivity index (χ3n) is 3.71. The number of ether oxygens (including phenoxy) is 1.